The maximum absolute atomic E-state index is 13.6. The average Bonchev–Trinajstić information content (AvgIpc) is 2.86. The van der Waals surface area contributed by atoms with Crippen LogP contribution in [0.2, 0.25) is 0 Å². The van der Waals surface area contributed by atoms with Crippen molar-refractivity contribution in [3.63, 3.8) is 0 Å². The van der Waals surface area contributed by atoms with Crippen LogP contribution in [0.15, 0.2) is 48.5 Å². The number of hydrogen-bond donors (Lipinski definition) is 1. The number of rotatable bonds is 16. The molecule has 2 aromatic rings. The summed E-state index contributed by atoms with van der Waals surface area (Å²) in [5.74, 6) is 0.128. The van der Waals surface area contributed by atoms with Crippen LogP contribution in [0.5, 0.6) is 5.75 Å². The number of carbonyl (C=O) groups is 2. The molecule has 38 heavy (non-hydrogen) atoms. The van der Waals surface area contributed by atoms with Crippen LogP contribution in [0.25, 0.3) is 0 Å². The first-order valence-corrected chi connectivity index (χ1v) is 15.3. The Morgan fingerprint density at radius 3 is 2.39 bits per heavy atom. The van der Waals surface area contributed by atoms with E-state index >= 15 is 0 Å². The molecule has 0 aromatic heterocycles. The van der Waals surface area contributed by atoms with Gasteiger partial charge in [-0.3, -0.25) is 13.9 Å². The predicted octanol–water partition coefficient (Wildman–Crippen LogP) is 4.66. The monoisotopic (exact) mass is 545 g/mol. The van der Waals surface area contributed by atoms with Crippen LogP contribution in [0, 0.1) is 6.92 Å². The molecule has 2 rings (SSSR count). The highest BCUT2D eigenvalue weighted by Gasteiger charge is 2.29. The average molecular weight is 546 g/mol. The first-order chi connectivity index (χ1) is 18.1. The van der Waals surface area contributed by atoms with E-state index in [1.807, 2.05) is 45.0 Å². The third-order valence-electron chi connectivity index (χ3n) is 6.24. The number of nitrogens with zero attached hydrogens (tertiary/aromatic N) is 2. The lowest BCUT2D eigenvalue weighted by Gasteiger charge is -2.31. The number of carbonyl (C=O) groups excluding carboxylic acids is 2. The lowest BCUT2D eigenvalue weighted by molar-refractivity contribution is -0.141. The number of anilines is 1. The Balaban J connectivity index is 2.23. The van der Waals surface area contributed by atoms with E-state index in [-0.39, 0.29) is 24.8 Å². The van der Waals surface area contributed by atoms with Gasteiger partial charge in [0, 0.05) is 26.1 Å². The zero-order valence-corrected chi connectivity index (χ0v) is 24.2. The van der Waals surface area contributed by atoms with Crippen molar-refractivity contribution in [3.8, 4) is 5.75 Å². The Morgan fingerprint density at radius 1 is 1.03 bits per heavy atom. The van der Waals surface area contributed by atoms with Gasteiger partial charge in [0.25, 0.3) is 0 Å². The molecule has 0 fully saturated rings. The summed E-state index contributed by atoms with van der Waals surface area (Å²) in [5, 5.41) is 2.97. The molecule has 0 aliphatic carbocycles. The summed E-state index contributed by atoms with van der Waals surface area (Å²) < 4.78 is 32.2. The Kier molecular flexibility index (Phi) is 12.6. The molecule has 0 spiro atoms. The van der Waals surface area contributed by atoms with Crippen LogP contribution in [-0.2, 0) is 26.2 Å². The summed E-state index contributed by atoms with van der Waals surface area (Å²) in [6.45, 7) is 9.19. The van der Waals surface area contributed by atoms with Crippen LogP contribution in [0.4, 0.5) is 5.69 Å². The van der Waals surface area contributed by atoms with Crippen molar-refractivity contribution < 1.29 is 22.7 Å². The van der Waals surface area contributed by atoms with Gasteiger partial charge >= 0.3 is 0 Å². The molecule has 0 saturated carbocycles. The fourth-order valence-corrected chi connectivity index (χ4v) is 5.32. The topological polar surface area (TPSA) is 96.0 Å². The Labute approximate surface area is 228 Å². The van der Waals surface area contributed by atoms with E-state index in [9.17, 15) is 18.0 Å². The first-order valence-electron chi connectivity index (χ1n) is 13.4. The van der Waals surface area contributed by atoms with Crippen LogP contribution < -0.4 is 14.4 Å². The zero-order chi connectivity index (χ0) is 28.1. The molecular formula is C29H43N3O5S. The number of ether oxygens (including phenoxy) is 1. The molecule has 0 saturated heterocycles. The van der Waals surface area contributed by atoms with Gasteiger partial charge in [0.05, 0.1) is 18.6 Å². The van der Waals surface area contributed by atoms with Crippen molar-refractivity contribution in [2.24, 2.45) is 0 Å². The maximum atomic E-state index is 13.6. The van der Waals surface area contributed by atoms with Gasteiger partial charge in [0.2, 0.25) is 21.8 Å². The van der Waals surface area contributed by atoms with Crippen molar-refractivity contribution in [2.75, 3.05) is 30.3 Å². The van der Waals surface area contributed by atoms with Gasteiger partial charge in [-0.2, -0.15) is 0 Å². The van der Waals surface area contributed by atoms with Gasteiger partial charge in [-0.05, 0) is 50.8 Å². The molecule has 2 aromatic carbocycles. The molecule has 210 valence electrons. The van der Waals surface area contributed by atoms with Crippen molar-refractivity contribution in [3.05, 3.63) is 59.7 Å². The summed E-state index contributed by atoms with van der Waals surface area (Å²) in [7, 11) is -3.61. The van der Waals surface area contributed by atoms with Crippen molar-refractivity contribution in [1.82, 2.24) is 10.2 Å². The first kappa shape index (κ1) is 31.1. The summed E-state index contributed by atoms with van der Waals surface area (Å²) in [4.78, 5) is 28.2. The number of hydrogen-bond acceptors (Lipinski definition) is 5. The third-order valence-corrected chi connectivity index (χ3v) is 7.42. The summed E-state index contributed by atoms with van der Waals surface area (Å²) in [6, 6.07) is 14.3. The van der Waals surface area contributed by atoms with E-state index in [0.29, 0.717) is 44.0 Å². The fourth-order valence-electron chi connectivity index (χ4n) is 4.36. The predicted molar refractivity (Wildman–Crippen MR) is 153 cm³/mol. The van der Waals surface area contributed by atoms with Crippen LogP contribution in [-0.4, -0.2) is 57.1 Å². The molecule has 9 heteroatoms. The minimum atomic E-state index is -3.61. The van der Waals surface area contributed by atoms with Crippen molar-refractivity contribution >= 4 is 27.5 Å². The Bertz CT molecular complexity index is 1150. The molecular weight excluding hydrogens is 502 g/mol. The quantitative estimate of drug-likeness (QED) is 0.310. The summed E-state index contributed by atoms with van der Waals surface area (Å²) in [6.07, 6.45) is 3.87. The van der Waals surface area contributed by atoms with Gasteiger partial charge in [0.1, 0.15) is 11.8 Å². The van der Waals surface area contributed by atoms with Gasteiger partial charge in [-0.1, -0.05) is 62.2 Å². The van der Waals surface area contributed by atoms with Crippen molar-refractivity contribution in [2.45, 2.75) is 72.4 Å². The van der Waals surface area contributed by atoms with E-state index in [4.69, 9.17) is 4.74 Å². The number of sulfonamides is 1. The van der Waals surface area contributed by atoms with E-state index in [0.717, 1.165) is 30.2 Å². The molecule has 0 heterocycles. The second-order valence-corrected chi connectivity index (χ2v) is 11.3. The molecule has 0 aliphatic heterocycles. The molecule has 2 amide bonds. The van der Waals surface area contributed by atoms with Crippen molar-refractivity contribution in [1.29, 1.82) is 0 Å². The zero-order valence-electron chi connectivity index (χ0n) is 23.4. The molecule has 0 aliphatic rings. The van der Waals surface area contributed by atoms with E-state index in [1.165, 1.54) is 4.31 Å². The molecule has 0 bridgehead atoms. The second kappa shape index (κ2) is 15.4. The molecule has 0 unspecified atom stereocenters. The molecule has 1 atom stereocenters. The van der Waals surface area contributed by atoms with Gasteiger partial charge in [-0.25, -0.2) is 8.42 Å². The number of benzene rings is 2. The minimum Gasteiger partial charge on any atom is -0.492 e. The summed E-state index contributed by atoms with van der Waals surface area (Å²) in [5.41, 5.74) is 2.47. The maximum Gasteiger partial charge on any atom is 0.242 e. The van der Waals surface area contributed by atoms with Crippen LogP contribution in [0.1, 0.15) is 64.0 Å². The normalized spacial score (nSPS) is 12.0. The molecule has 1 N–H and O–H groups in total. The number of amides is 2. The highest BCUT2D eigenvalue weighted by molar-refractivity contribution is 7.92. The number of unbranched alkanes of at least 4 members (excludes halogenated alkanes) is 1. The smallest absolute Gasteiger partial charge is 0.242 e. The highest BCUT2D eigenvalue weighted by atomic mass is 32.2. The van der Waals surface area contributed by atoms with Gasteiger partial charge in [0.15, 0.2) is 0 Å². The summed E-state index contributed by atoms with van der Waals surface area (Å²) >= 11 is 0. The SMILES string of the molecule is CCCCNC(=O)[C@@H](CC)N(Cc1cccc(C)c1)C(=O)CCCN(c1ccccc1OCC)S(C)(=O)=O. The Hall–Kier alpha value is -3.07. The minimum absolute atomic E-state index is 0.105. The third kappa shape index (κ3) is 9.35. The van der Waals surface area contributed by atoms with E-state index in [1.54, 1.807) is 29.2 Å². The lowest BCUT2D eigenvalue weighted by atomic mass is 10.1. The van der Waals surface area contributed by atoms with Gasteiger partial charge < -0.3 is 15.0 Å². The Morgan fingerprint density at radius 2 is 1.76 bits per heavy atom. The van der Waals surface area contributed by atoms with E-state index in [2.05, 4.69) is 12.2 Å². The van der Waals surface area contributed by atoms with Crippen LogP contribution in [0.3, 0.4) is 0 Å². The van der Waals surface area contributed by atoms with Crippen LogP contribution >= 0.6 is 0 Å². The number of nitrogens with one attached hydrogen (secondary N) is 1. The lowest BCUT2D eigenvalue weighted by Crippen LogP contribution is -2.49. The number of para-hydroxylation sites is 2. The highest BCUT2D eigenvalue weighted by Crippen LogP contribution is 2.30. The largest absolute Gasteiger partial charge is 0.492 e. The molecule has 8 nitrogen and oxygen atoms in total. The van der Waals surface area contributed by atoms with E-state index < -0.39 is 16.1 Å². The number of aryl methyl sites for hydroxylation is 1. The fraction of sp³-hybridized carbons (Fsp3) is 0.517. The second-order valence-electron chi connectivity index (χ2n) is 9.42. The van der Waals surface area contributed by atoms with Gasteiger partial charge in [-0.15, -0.1) is 0 Å². The molecule has 0 radical (unpaired) electrons. The standard InChI is InChI=1S/C29H43N3O5S/c1-6-9-19-30-29(34)25(7-2)31(22-24-15-12-14-23(4)21-24)28(33)18-13-20-32(38(5,35)36)26-16-10-11-17-27(26)37-8-3/h10-12,14-17,21,25H,6-9,13,18-20,22H2,1-5H3,(H,30,34)/t25-/m1/s1.